The van der Waals surface area contributed by atoms with Crippen molar-refractivity contribution in [3.05, 3.63) is 48.7 Å². The lowest BCUT2D eigenvalue weighted by Gasteiger charge is -2.17. The van der Waals surface area contributed by atoms with Crippen molar-refractivity contribution in [2.45, 2.75) is 33.3 Å². The molecule has 0 aliphatic carbocycles. The van der Waals surface area contributed by atoms with Gasteiger partial charge in [0.05, 0.1) is 29.5 Å². The fourth-order valence-corrected chi connectivity index (χ4v) is 3.47. The van der Waals surface area contributed by atoms with E-state index in [1.54, 1.807) is 30.8 Å². The van der Waals surface area contributed by atoms with Crippen LogP contribution in [-0.4, -0.2) is 39.8 Å². The van der Waals surface area contributed by atoms with Gasteiger partial charge in [-0.25, -0.2) is 15.0 Å². The predicted molar refractivity (Wildman–Crippen MR) is 112 cm³/mol. The normalized spacial score (nSPS) is 12.8. The van der Waals surface area contributed by atoms with E-state index in [2.05, 4.69) is 21.5 Å². The van der Waals surface area contributed by atoms with Crippen LogP contribution in [0.3, 0.4) is 0 Å². The monoisotopic (exact) mass is 396 g/mol. The summed E-state index contributed by atoms with van der Waals surface area (Å²) < 4.78 is 10.3. The van der Waals surface area contributed by atoms with E-state index in [-0.39, 0.29) is 0 Å². The van der Waals surface area contributed by atoms with Crippen LogP contribution in [0.5, 0.6) is 5.88 Å². The number of hydrogen-bond acceptors (Lipinski definition) is 7. The highest BCUT2D eigenvalue weighted by Crippen LogP contribution is 2.36. The molecule has 0 radical (unpaired) electrons. The van der Waals surface area contributed by atoms with Crippen molar-refractivity contribution in [3.8, 4) is 27.0 Å². The van der Waals surface area contributed by atoms with Gasteiger partial charge in [0.1, 0.15) is 16.4 Å². The van der Waals surface area contributed by atoms with E-state index in [4.69, 9.17) is 14.5 Å². The zero-order valence-corrected chi connectivity index (χ0v) is 17.4. The molecule has 6 nitrogen and oxygen atoms in total. The third-order valence-corrected chi connectivity index (χ3v) is 5.35. The minimum Gasteiger partial charge on any atom is -0.476 e. The van der Waals surface area contributed by atoms with E-state index < -0.39 is 0 Å². The maximum absolute atomic E-state index is 5.53. The number of pyridine rings is 1. The van der Waals surface area contributed by atoms with Crippen molar-refractivity contribution >= 4 is 16.9 Å². The molecular formula is C21H24N4O2S. The Kier molecular flexibility index (Phi) is 6.49. The van der Waals surface area contributed by atoms with Crippen LogP contribution in [0, 0.1) is 6.92 Å². The number of aromatic nitrogens is 4. The highest BCUT2D eigenvalue weighted by atomic mass is 32.1. The first kappa shape index (κ1) is 20.1. The van der Waals surface area contributed by atoms with Gasteiger partial charge < -0.3 is 9.47 Å². The lowest BCUT2D eigenvalue weighted by atomic mass is 10.1. The minimum absolute atomic E-state index is 0.384. The van der Waals surface area contributed by atoms with Gasteiger partial charge in [-0.15, -0.1) is 11.3 Å². The lowest BCUT2D eigenvalue weighted by molar-refractivity contribution is 0.134. The number of nitrogens with zero attached hydrogens (tertiary/aromatic N) is 4. The summed E-state index contributed by atoms with van der Waals surface area (Å²) in [4.78, 5) is 18.9. The SMILES string of the molecule is C=C1CCOc2ncc(-c3sc(-c4cccnc4)nc3C)nc21.COC(C)C. The molecule has 3 aromatic heterocycles. The van der Waals surface area contributed by atoms with Gasteiger partial charge in [0, 0.05) is 31.5 Å². The second-order valence-electron chi connectivity index (χ2n) is 6.57. The number of aryl methyl sites for hydroxylation is 1. The summed E-state index contributed by atoms with van der Waals surface area (Å²) in [5.74, 6) is 0.569. The van der Waals surface area contributed by atoms with Crippen LogP contribution in [0.2, 0.25) is 0 Å². The molecule has 0 amide bonds. The summed E-state index contributed by atoms with van der Waals surface area (Å²) in [6.07, 6.45) is 6.48. The Balaban J connectivity index is 0.000000403. The highest BCUT2D eigenvalue weighted by molar-refractivity contribution is 7.18. The van der Waals surface area contributed by atoms with Crippen LogP contribution < -0.4 is 4.74 Å². The smallest absolute Gasteiger partial charge is 0.240 e. The third kappa shape index (κ3) is 4.61. The van der Waals surface area contributed by atoms with E-state index >= 15 is 0 Å². The highest BCUT2D eigenvalue weighted by Gasteiger charge is 2.20. The maximum atomic E-state index is 5.53. The Hall–Kier alpha value is -2.64. The summed E-state index contributed by atoms with van der Waals surface area (Å²) in [7, 11) is 1.70. The van der Waals surface area contributed by atoms with Gasteiger partial charge in [-0.2, -0.15) is 0 Å². The van der Waals surface area contributed by atoms with Gasteiger partial charge in [0.15, 0.2) is 0 Å². The largest absolute Gasteiger partial charge is 0.476 e. The van der Waals surface area contributed by atoms with Crippen molar-refractivity contribution in [1.82, 2.24) is 19.9 Å². The number of rotatable bonds is 3. The van der Waals surface area contributed by atoms with Gasteiger partial charge in [-0.3, -0.25) is 4.98 Å². The maximum Gasteiger partial charge on any atom is 0.240 e. The molecule has 28 heavy (non-hydrogen) atoms. The van der Waals surface area contributed by atoms with E-state index in [1.807, 2.05) is 39.1 Å². The van der Waals surface area contributed by atoms with Crippen molar-refractivity contribution in [2.75, 3.05) is 13.7 Å². The predicted octanol–water partition coefficient (Wildman–Crippen LogP) is 4.81. The molecular weight excluding hydrogens is 372 g/mol. The quantitative estimate of drug-likeness (QED) is 0.633. The second-order valence-corrected chi connectivity index (χ2v) is 7.57. The molecule has 0 spiro atoms. The molecule has 0 saturated heterocycles. The van der Waals surface area contributed by atoms with Gasteiger partial charge in [-0.05, 0) is 38.5 Å². The molecule has 0 N–H and O–H groups in total. The summed E-state index contributed by atoms with van der Waals surface area (Å²) in [6.45, 7) is 10.7. The first-order valence-corrected chi connectivity index (χ1v) is 9.90. The number of thiazole rings is 1. The van der Waals surface area contributed by atoms with E-state index in [1.165, 1.54) is 0 Å². The van der Waals surface area contributed by atoms with Crippen LogP contribution in [0.25, 0.3) is 26.7 Å². The van der Waals surface area contributed by atoms with Crippen LogP contribution in [0.4, 0.5) is 0 Å². The Morgan fingerprint density at radius 3 is 2.71 bits per heavy atom. The molecule has 0 unspecified atom stereocenters. The van der Waals surface area contributed by atoms with Gasteiger partial charge in [-0.1, -0.05) is 6.58 Å². The number of hydrogen-bond donors (Lipinski definition) is 0. The molecule has 0 fully saturated rings. The number of methoxy groups -OCH3 is 1. The Labute approximate surface area is 169 Å². The molecule has 146 valence electrons. The average Bonchev–Trinajstić information content (AvgIpc) is 3.11. The summed E-state index contributed by atoms with van der Waals surface area (Å²) in [6, 6.07) is 3.91. The molecule has 0 bridgehead atoms. The zero-order valence-electron chi connectivity index (χ0n) is 16.6. The molecule has 7 heteroatoms. The van der Waals surface area contributed by atoms with Crippen molar-refractivity contribution in [3.63, 3.8) is 0 Å². The van der Waals surface area contributed by atoms with Crippen molar-refractivity contribution < 1.29 is 9.47 Å². The van der Waals surface area contributed by atoms with Crippen LogP contribution >= 0.6 is 11.3 Å². The van der Waals surface area contributed by atoms with E-state index in [0.717, 1.165) is 44.5 Å². The topological polar surface area (TPSA) is 70.0 Å². The molecule has 4 heterocycles. The molecule has 1 aliphatic heterocycles. The van der Waals surface area contributed by atoms with Crippen LogP contribution in [0.15, 0.2) is 37.3 Å². The van der Waals surface area contributed by atoms with Gasteiger partial charge in [0.2, 0.25) is 5.88 Å². The lowest BCUT2D eigenvalue weighted by Crippen LogP contribution is -2.10. The standard InChI is InChI=1S/C17H14N4OS.C4H10O/c1-10-5-7-22-16-14(10)21-13(9-19-16)15-11(2)20-17(23-15)12-4-3-6-18-8-12;1-4(2)5-3/h3-4,6,8-9H,1,5,7H2,2H3;4H,1-3H3. The molecule has 4 rings (SSSR count). The second kappa shape index (κ2) is 9.03. The number of fused-ring (bicyclic) bond motifs is 1. The third-order valence-electron chi connectivity index (χ3n) is 4.13. The minimum atomic E-state index is 0.384. The van der Waals surface area contributed by atoms with Crippen molar-refractivity contribution in [1.29, 1.82) is 0 Å². The van der Waals surface area contributed by atoms with E-state index in [9.17, 15) is 0 Å². The Morgan fingerprint density at radius 1 is 1.25 bits per heavy atom. The zero-order chi connectivity index (χ0) is 20.1. The summed E-state index contributed by atoms with van der Waals surface area (Å²) in [5, 5.41) is 0.931. The van der Waals surface area contributed by atoms with Gasteiger partial charge >= 0.3 is 0 Å². The van der Waals surface area contributed by atoms with Crippen LogP contribution in [-0.2, 0) is 4.74 Å². The van der Waals surface area contributed by atoms with E-state index in [0.29, 0.717) is 18.6 Å². The summed E-state index contributed by atoms with van der Waals surface area (Å²) >= 11 is 1.59. The Bertz CT molecular complexity index is 954. The fourth-order valence-electron chi connectivity index (χ4n) is 2.46. The molecule has 0 atom stereocenters. The first-order valence-electron chi connectivity index (χ1n) is 9.08. The van der Waals surface area contributed by atoms with Crippen molar-refractivity contribution in [2.24, 2.45) is 0 Å². The average molecular weight is 397 g/mol. The molecule has 0 saturated carbocycles. The fraction of sp³-hybridized carbons (Fsp3) is 0.333. The Morgan fingerprint density at radius 2 is 2.04 bits per heavy atom. The molecule has 3 aromatic rings. The number of ether oxygens (including phenoxy) is 2. The molecule has 0 aromatic carbocycles. The summed E-state index contributed by atoms with van der Waals surface area (Å²) in [5.41, 5.74) is 4.47. The van der Waals surface area contributed by atoms with Crippen LogP contribution in [0.1, 0.15) is 31.7 Å². The van der Waals surface area contributed by atoms with Gasteiger partial charge in [0.25, 0.3) is 0 Å². The molecule has 1 aliphatic rings. The first-order chi connectivity index (χ1) is 13.5.